The normalized spacial score (nSPS) is 18.6. The molecule has 4 rings (SSSR count). The topological polar surface area (TPSA) is 79.8 Å². The third-order valence-electron chi connectivity index (χ3n) is 5.73. The van der Waals surface area contributed by atoms with Crippen LogP contribution in [0.5, 0.6) is 0 Å². The van der Waals surface area contributed by atoms with E-state index < -0.39 is 0 Å². The Morgan fingerprint density at radius 1 is 1.10 bits per heavy atom. The maximum Gasteiger partial charge on any atom is 0.227 e. The van der Waals surface area contributed by atoms with Crippen molar-refractivity contribution in [3.8, 4) is 11.3 Å². The second-order valence-corrected chi connectivity index (χ2v) is 8.11. The van der Waals surface area contributed by atoms with Crippen LogP contribution in [-0.4, -0.2) is 20.9 Å². The van der Waals surface area contributed by atoms with Gasteiger partial charge in [-0.2, -0.15) is 0 Å². The van der Waals surface area contributed by atoms with Gasteiger partial charge in [0.05, 0.1) is 5.69 Å². The van der Waals surface area contributed by atoms with Crippen molar-refractivity contribution in [3.63, 3.8) is 0 Å². The summed E-state index contributed by atoms with van der Waals surface area (Å²) in [5, 5.41) is 6.53. The van der Waals surface area contributed by atoms with Crippen LogP contribution < -0.4 is 10.6 Å². The lowest BCUT2D eigenvalue weighted by Gasteiger charge is -2.25. The molecule has 0 bridgehead atoms. The Morgan fingerprint density at radius 3 is 2.80 bits per heavy atom. The number of aryl methyl sites for hydroxylation is 1. The van der Waals surface area contributed by atoms with Crippen molar-refractivity contribution in [1.82, 2.24) is 15.0 Å². The van der Waals surface area contributed by atoms with E-state index in [9.17, 15) is 4.79 Å². The largest absolute Gasteiger partial charge is 0.339 e. The minimum absolute atomic E-state index is 0.103. The summed E-state index contributed by atoms with van der Waals surface area (Å²) in [6, 6.07) is 11.7. The molecule has 2 aromatic heterocycles. The van der Waals surface area contributed by atoms with Gasteiger partial charge in [-0.05, 0) is 61.6 Å². The number of carbonyl (C=O) groups is 1. The lowest BCUT2D eigenvalue weighted by Crippen LogP contribution is -2.27. The van der Waals surface area contributed by atoms with Crippen LogP contribution in [0.3, 0.4) is 0 Å². The van der Waals surface area contributed by atoms with Crippen LogP contribution in [0, 0.1) is 18.8 Å². The summed E-state index contributed by atoms with van der Waals surface area (Å²) >= 11 is 0. The molecule has 1 unspecified atom stereocenters. The van der Waals surface area contributed by atoms with Crippen LogP contribution in [-0.2, 0) is 4.79 Å². The SMILES string of the molecule is Cc1ccc(NC(=O)C2CCC[C@@H](C)C2)cc1Nc1ncccc1-c1ccncn1. The molecule has 1 aromatic carbocycles. The van der Waals surface area contributed by atoms with E-state index in [1.807, 2.05) is 43.3 Å². The molecule has 0 saturated heterocycles. The smallest absolute Gasteiger partial charge is 0.227 e. The molecular weight excluding hydrogens is 374 g/mol. The first-order chi connectivity index (χ1) is 14.6. The summed E-state index contributed by atoms with van der Waals surface area (Å²) in [7, 11) is 0. The molecule has 154 valence electrons. The minimum Gasteiger partial charge on any atom is -0.339 e. The lowest BCUT2D eigenvalue weighted by molar-refractivity contribution is -0.121. The Hall–Kier alpha value is -3.28. The van der Waals surface area contributed by atoms with Gasteiger partial charge in [-0.3, -0.25) is 4.79 Å². The summed E-state index contributed by atoms with van der Waals surface area (Å²) < 4.78 is 0. The van der Waals surface area contributed by atoms with Crippen LogP contribution in [0.25, 0.3) is 11.3 Å². The number of carbonyl (C=O) groups excluding carboxylic acids is 1. The zero-order valence-electron chi connectivity index (χ0n) is 17.4. The Balaban J connectivity index is 1.54. The summed E-state index contributed by atoms with van der Waals surface area (Å²) in [5.41, 5.74) is 4.46. The number of rotatable bonds is 5. The molecule has 1 saturated carbocycles. The number of benzene rings is 1. The molecule has 1 aliphatic carbocycles. The van der Waals surface area contributed by atoms with Gasteiger partial charge in [0.15, 0.2) is 0 Å². The van der Waals surface area contributed by atoms with Gasteiger partial charge in [-0.1, -0.05) is 25.8 Å². The van der Waals surface area contributed by atoms with Crippen LogP contribution in [0.2, 0.25) is 0 Å². The first kappa shape index (κ1) is 20.0. The van der Waals surface area contributed by atoms with Crippen molar-refractivity contribution in [2.45, 2.75) is 39.5 Å². The zero-order chi connectivity index (χ0) is 20.9. The predicted octanol–water partition coefficient (Wildman–Crippen LogP) is 5.36. The molecule has 0 radical (unpaired) electrons. The number of pyridine rings is 1. The van der Waals surface area contributed by atoms with Gasteiger partial charge < -0.3 is 10.6 Å². The van der Waals surface area contributed by atoms with Gasteiger partial charge in [0.2, 0.25) is 5.91 Å². The summed E-state index contributed by atoms with van der Waals surface area (Å²) in [4.78, 5) is 25.6. The van der Waals surface area contributed by atoms with Crippen molar-refractivity contribution in [2.24, 2.45) is 11.8 Å². The molecule has 2 atom stereocenters. The van der Waals surface area contributed by atoms with E-state index in [1.165, 1.54) is 12.7 Å². The number of hydrogen-bond donors (Lipinski definition) is 2. The quantitative estimate of drug-likeness (QED) is 0.602. The molecule has 2 heterocycles. The molecule has 0 aliphatic heterocycles. The van der Waals surface area contributed by atoms with E-state index in [4.69, 9.17) is 0 Å². The monoisotopic (exact) mass is 401 g/mol. The Labute approximate surface area is 177 Å². The summed E-state index contributed by atoms with van der Waals surface area (Å²) in [6.45, 7) is 4.26. The fourth-order valence-electron chi connectivity index (χ4n) is 4.04. The van der Waals surface area contributed by atoms with Gasteiger partial charge in [0.1, 0.15) is 12.1 Å². The number of anilines is 3. The second kappa shape index (κ2) is 9.03. The average molecular weight is 402 g/mol. The molecule has 6 heteroatoms. The van der Waals surface area contributed by atoms with Crippen molar-refractivity contribution in [3.05, 3.63) is 60.7 Å². The first-order valence-electron chi connectivity index (χ1n) is 10.5. The van der Waals surface area contributed by atoms with Crippen LogP contribution >= 0.6 is 0 Å². The van der Waals surface area contributed by atoms with Crippen molar-refractivity contribution >= 4 is 23.1 Å². The van der Waals surface area contributed by atoms with E-state index in [0.717, 1.165) is 47.5 Å². The highest BCUT2D eigenvalue weighted by molar-refractivity contribution is 5.93. The van der Waals surface area contributed by atoms with Crippen molar-refractivity contribution in [1.29, 1.82) is 0 Å². The van der Waals surface area contributed by atoms with E-state index >= 15 is 0 Å². The van der Waals surface area contributed by atoms with Crippen molar-refractivity contribution < 1.29 is 4.79 Å². The van der Waals surface area contributed by atoms with Crippen LogP contribution in [0.4, 0.5) is 17.2 Å². The number of hydrogen-bond acceptors (Lipinski definition) is 5. The summed E-state index contributed by atoms with van der Waals surface area (Å²) in [6.07, 6.45) is 9.29. The third-order valence-corrected chi connectivity index (χ3v) is 5.73. The van der Waals surface area contributed by atoms with Gasteiger partial charge >= 0.3 is 0 Å². The number of amides is 1. The highest BCUT2D eigenvalue weighted by Gasteiger charge is 2.25. The molecule has 2 N–H and O–H groups in total. The Bertz CT molecular complexity index is 1020. The maximum atomic E-state index is 12.7. The zero-order valence-corrected chi connectivity index (χ0v) is 17.4. The number of nitrogens with one attached hydrogen (secondary N) is 2. The van der Waals surface area contributed by atoms with E-state index in [0.29, 0.717) is 11.7 Å². The lowest BCUT2D eigenvalue weighted by atomic mass is 9.82. The maximum absolute atomic E-state index is 12.7. The van der Waals surface area contributed by atoms with Gasteiger partial charge in [-0.25, -0.2) is 15.0 Å². The fourth-order valence-corrected chi connectivity index (χ4v) is 4.04. The number of nitrogens with zero attached hydrogens (tertiary/aromatic N) is 3. The number of aromatic nitrogens is 3. The Morgan fingerprint density at radius 2 is 2.00 bits per heavy atom. The molecule has 30 heavy (non-hydrogen) atoms. The van der Waals surface area contributed by atoms with Crippen LogP contribution in [0.15, 0.2) is 55.1 Å². The van der Waals surface area contributed by atoms with Crippen LogP contribution in [0.1, 0.15) is 38.2 Å². The Kier molecular flexibility index (Phi) is 6.02. The average Bonchev–Trinajstić information content (AvgIpc) is 2.77. The van der Waals surface area contributed by atoms with Gasteiger partial charge in [0.25, 0.3) is 0 Å². The molecular formula is C24H27N5O. The highest BCUT2D eigenvalue weighted by atomic mass is 16.1. The first-order valence-corrected chi connectivity index (χ1v) is 10.5. The van der Waals surface area contributed by atoms with E-state index in [2.05, 4.69) is 32.5 Å². The van der Waals surface area contributed by atoms with Crippen molar-refractivity contribution in [2.75, 3.05) is 10.6 Å². The molecule has 1 amide bonds. The fraction of sp³-hybridized carbons (Fsp3) is 0.333. The standard InChI is InChI=1S/C24H27N5O/c1-16-5-3-6-18(13-16)24(30)28-19-9-8-17(2)22(14-19)29-23-20(7-4-11-26-23)21-10-12-25-15-27-21/h4,7-12,14-16,18H,3,5-6,13H2,1-2H3,(H,26,29)(H,28,30)/t16-,18?/m1/s1. The molecule has 1 fully saturated rings. The van der Waals surface area contributed by atoms with E-state index in [1.54, 1.807) is 12.4 Å². The second-order valence-electron chi connectivity index (χ2n) is 8.11. The van der Waals surface area contributed by atoms with Gasteiger partial charge in [-0.15, -0.1) is 0 Å². The van der Waals surface area contributed by atoms with Gasteiger partial charge in [0, 0.05) is 35.2 Å². The molecule has 3 aromatic rings. The molecule has 1 aliphatic rings. The predicted molar refractivity (Wildman–Crippen MR) is 119 cm³/mol. The minimum atomic E-state index is 0.103. The highest BCUT2D eigenvalue weighted by Crippen LogP contribution is 2.31. The molecule has 6 nitrogen and oxygen atoms in total. The van der Waals surface area contributed by atoms with E-state index in [-0.39, 0.29) is 11.8 Å². The third kappa shape index (κ3) is 4.64. The summed E-state index contributed by atoms with van der Waals surface area (Å²) in [5.74, 6) is 1.56. The molecule has 0 spiro atoms.